The van der Waals surface area contributed by atoms with Gasteiger partial charge in [-0.05, 0) is 25.2 Å². The normalized spacial score (nSPS) is 26.6. The van der Waals surface area contributed by atoms with E-state index in [1.54, 1.807) is 0 Å². The monoisotopic (exact) mass is 291 g/mol. The van der Waals surface area contributed by atoms with Crippen LogP contribution in [0.2, 0.25) is 0 Å². The van der Waals surface area contributed by atoms with Crippen LogP contribution in [0.3, 0.4) is 0 Å². The van der Waals surface area contributed by atoms with Crippen molar-refractivity contribution in [3.63, 3.8) is 0 Å². The minimum atomic E-state index is -4.58. The highest BCUT2D eigenvalue weighted by atomic mass is 19.4. The van der Waals surface area contributed by atoms with Crippen molar-refractivity contribution in [2.75, 3.05) is 19.0 Å². The van der Waals surface area contributed by atoms with Crippen LogP contribution in [0.4, 0.5) is 19.0 Å². The molecule has 8 heteroatoms. The van der Waals surface area contributed by atoms with E-state index in [1.165, 1.54) is 19.6 Å². The average Bonchev–Trinajstić information content (AvgIpc) is 2.79. The summed E-state index contributed by atoms with van der Waals surface area (Å²) in [5.41, 5.74) is -2.56. The van der Waals surface area contributed by atoms with Crippen LogP contribution in [0.1, 0.15) is 19.3 Å². The third-order valence-corrected chi connectivity index (χ3v) is 3.58. The number of ether oxygens (including phenoxy) is 1. The number of halogens is 3. The van der Waals surface area contributed by atoms with Crippen molar-refractivity contribution >= 4 is 5.82 Å². The van der Waals surface area contributed by atoms with Crippen LogP contribution in [0, 0.1) is 5.92 Å². The Morgan fingerprint density at radius 3 is 2.90 bits per heavy atom. The lowest BCUT2D eigenvalue weighted by molar-refractivity contribution is -0.258. The molecule has 1 aliphatic rings. The van der Waals surface area contributed by atoms with Gasteiger partial charge in [0.15, 0.2) is 17.2 Å². The fourth-order valence-electron chi connectivity index (χ4n) is 2.40. The average molecular weight is 291 g/mol. The quantitative estimate of drug-likeness (QED) is 0.888. The predicted molar refractivity (Wildman–Crippen MR) is 65.4 cm³/mol. The molecule has 0 saturated heterocycles. The van der Waals surface area contributed by atoms with E-state index in [-0.39, 0.29) is 18.8 Å². The summed E-state index contributed by atoms with van der Waals surface area (Å²) in [5.74, 6) is 0.600. The summed E-state index contributed by atoms with van der Waals surface area (Å²) in [6.45, 7) is 0.297. The zero-order chi connectivity index (χ0) is 14.8. The van der Waals surface area contributed by atoms with E-state index in [9.17, 15) is 18.3 Å². The number of alkyl halides is 3. The lowest BCUT2D eigenvalue weighted by atomic mass is 10.00. The molecule has 0 radical (unpaired) electrons. The van der Waals surface area contributed by atoms with Crippen molar-refractivity contribution in [3.05, 3.63) is 12.5 Å². The van der Waals surface area contributed by atoms with Crippen molar-refractivity contribution in [1.29, 1.82) is 0 Å². The maximum Gasteiger partial charge on any atom is 0.417 e. The molecule has 2 atom stereocenters. The molecule has 2 N–H and O–H groups in total. The third-order valence-electron chi connectivity index (χ3n) is 3.58. The number of hydrogen-bond acceptors (Lipinski definition) is 5. The van der Waals surface area contributed by atoms with Crippen LogP contribution in [0.25, 0.3) is 0 Å². The first-order chi connectivity index (χ1) is 9.36. The molecule has 5 nitrogen and oxygen atoms in total. The molecule has 0 aromatic carbocycles. The molecular formula is C12H16F3N3O2. The van der Waals surface area contributed by atoms with Gasteiger partial charge in [0.25, 0.3) is 0 Å². The van der Waals surface area contributed by atoms with Crippen molar-refractivity contribution in [1.82, 2.24) is 9.97 Å². The zero-order valence-corrected chi connectivity index (χ0v) is 10.9. The SMILES string of the molecule is COc1cncnc1NCC1CCC(O)(C(F)(F)F)C1. The molecule has 0 amide bonds. The Kier molecular flexibility index (Phi) is 4.03. The summed E-state index contributed by atoms with van der Waals surface area (Å²) in [4.78, 5) is 7.75. The highest BCUT2D eigenvalue weighted by Gasteiger charge is 2.56. The zero-order valence-electron chi connectivity index (χ0n) is 10.9. The Morgan fingerprint density at radius 1 is 1.55 bits per heavy atom. The molecule has 1 aromatic rings. The lowest BCUT2D eigenvalue weighted by Gasteiger charge is -2.25. The molecule has 0 spiro atoms. The van der Waals surface area contributed by atoms with Gasteiger partial charge in [-0.2, -0.15) is 13.2 Å². The Hall–Kier alpha value is -1.57. The predicted octanol–water partition coefficient (Wildman–Crippen LogP) is 1.99. The first-order valence-corrected chi connectivity index (χ1v) is 6.23. The number of aromatic nitrogens is 2. The number of methoxy groups -OCH3 is 1. The van der Waals surface area contributed by atoms with E-state index in [1.807, 2.05) is 0 Å². The number of rotatable bonds is 4. The molecule has 1 heterocycles. The summed E-state index contributed by atoms with van der Waals surface area (Å²) in [6.07, 6.45) is -2.02. The Labute approximate surface area is 114 Å². The van der Waals surface area contributed by atoms with Gasteiger partial charge in [-0.3, -0.25) is 0 Å². The molecule has 1 aliphatic carbocycles. The number of aliphatic hydroxyl groups is 1. The fourth-order valence-corrected chi connectivity index (χ4v) is 2.40. The molecule has 20 heavy (non-hydrogen) atoms. The minimum Gasteiger partial charge on any atom is -0.491 e. The van der Waals surface area contributed by atoms with Gasteiger partial charge in [-0.1, -0.05) is 0 Å². The van der Waals surface area contributed by atoms with Gasteiger partial charge in [0.1, 0.15) is 6.33 Å². The van der Waals surface area contributed by atoms with E-state index in [0.717, 1.165) is 0 Å². The Bertz CT molecular complexity index is 470. The van der Waals surface area contributed by atoms with Crippen LogP contribution in [0.15, 0.2) is 12.5 Å². The molecule has 1 fully saturated rings. The van der Waals surface area contributed by atoms with Gasteiger partial charge in [0, 0.05) is 6.54 Å². The van der Waals surface area contributed by atoms with Gasteiger partial charge >= 0.3 is 6.18 Å². The summed E-state index contributed by atoms with van der Waals surface area (Å²) in [7, 11) is 1.46. The molecule has 112 valence electrons. The molecule has 2 unspecified atom stereocenters. The van der Waals surface area contributed by atoms with Gasteiger partial charge in [0.2, 0.25) is 0 Å². The van der Waals surface area contributed by atoms with Crippen LogP contribution in [-0.2, 0) is 0 Å². The van der Waals surface area contributed by atoms with E-state index in [4.69, 9.17) is 4.74 Å². The van der Waals surface area contributed by atoms with E-state index >= 15 is 0 Å². The van der Waals surface area contributed by atoms with Gasteiger partial charge in [0.05, 0.1) is 13.3 Å². The van der Waals surface area contributed by atoms with Crippen molar-refractivity contribution in [2.24, 2.45) is 5.92 Å². The number of nitrogens with one attached hydrogen (secondary N) is 1. The molecule has 2 rings (SSSR count). The van der Waals surface area contributed by atoms with Gasteiger partial charge in [-0.25, -0.2) is 9.97 Å². The first-order valence-electron chi connectivity index (χ1n) is 6.23. The van der Waals surface area contributed by atoms with Gasteiger partial charge < -0.3 is 15.2 Å². The molecule has 1 aromatic heterocycles. The highest BCUT2D eigenvalue weighted by Crippen LogP contribution is 2.45. The molecule has 0 bridgehead atoms. The number of anilines is 1. The smallest absolute Gasteiger partial charge is 0.417 e. The van der Waals surface area contributed by atoms with Crippen LogP contribution in [0.5, 0.6) is 5.75 Å². The molecule has 0 aliphatic heterocycles. The van der Waals surface area contributed by atoms with Crippen molar-refractivity contribution in [3.8, 4) is 5.75 Å². The second-order valence-electron chi connectivity index (χ2n) is 4.96. The second kappa shape index (κ2) is 5.43. The van der Waals surface area contributed by atoms with Gasteiger partial charge in [-0.15, -0.1) is 0 Å². The highest BCUT2D eigenvalue weighted by molar-refractivity contribution is 5.47. The van der Waals surface area contributed by atoms with Crippen LogP contribution < -0.4 is 10.1 Å². The van der Waals surface area contributed by atoms with Crippen LogP contribution in [-0.4, -0.2) is 40.5 Å². The van der Waals surface area contributed by atoms with E-state index in [0.29, 0.717) is 24.5 Å². The van der Waals surface area contributed by atoms with E-state index in [2.05, 4.69) is 15.3 Å². The Morgan fingerprint density at radius 2 is 2.30 bits per heavy atom. The molecule has 1 saturated carbocycles. The standard InChI is InChI=1S/C12H16F3N3O2/c1-20-9-6-16-7-18-10(9)17-5-8-2-3-11(19,4-8)12(13,14)15/h6-8,19H,2-5H2,1H3,(H,16,17,18). The fraction of sp³-hybridized carbons (Fsp3) is 0.667. The topological polar surface area (TPSA) is 67.3 Å². The van der Waals surface area contributed by atoms with Crippen molar-refractivity contribution in [2.45, 2.75) is 31.0 Å². The summed E-state index contributed by atoms with van der Waals surface area (Å²) in [6, 6.07) is 0. The summed E-state index contributed by atoms with van der Waals surface area (Å²) in [5, 5.41) is 12.5. The van der Waals surface area contributed by atoms with Crippen LogP contribution >= 0.6 is 0 Å². The number of hydrogen-bond donors (Lipinski definition) is 2. The minimum absolute atomic E-state index is 0.260. The van der Waals surface area contributed by atoms with Crippen molar-refractivity contribution < 1.29 is 23.0 Å². The largest absolute Gasteiger partial charge is 0.491 e. The summed E-state index contributed by atoms with van der Waals surface area (Å²) < 4.78 is 43.1. The summed E-state index contributed by atoms with van der Waals surface area (Å²) >= 11 is 0. The number of nitrogens with zero attached hydrogens (tertiary/aromatic N) is 2. The maximum absolute atomic E-state index is 12.7. The Balaban J connectivity index is 1.93. The first kappa shape index (κ1) is 14.8. The molecular weight excluding hydrogens is 275 g/mol. The second-order valence-corrected chi connectivity index (χ2v) is 4.96. The van der Waals surface area contributed by atoms with E-state index < -0.39 is 11.8 Å². The third kappa shape index (κ3) is 2.95. The lowest BCUT2D eigenvalue weighted by Crippen LogP contribution is -2.42. The maximum atomic E-state index is 12.7.